The number of nitrogens with one attached hydrogen (secondary N) is 2. The zero-order chi connectivity index (χ0) is 18.2. The highest BCUT2D eigenvalue weighted by Gasteiger charge is 2.11. The number of likely N-dealkylation sites (N-methyl/N-ethyl adjacent to an activating group) is 1. The summed E-state index contributed by atoms with van der Waals surface area (Å²) in [5.41, 5.74) is 1.92. The van der Waals surface area contributed by atoms with Gasteiger partial charge in [0.15, 0.2) is 18.0 Å². The minimum Gasteiger partial charge on any atom is -0.493 e. The first kappa shape index (κ1) is 18.7. The molecule has 0 aliphatic heterocycles. The highest BCUT2D eigenvalue weighted by Crippen LogP contribution is 2.27. The number of carbonyl (C=O) groups excluding carboxylic acids is 1. The fourth-order valence-electron chi connectivity index (χ4n) is 2.54. The van der Waals surface area contributed by atoms with Gasteiger partial charge >= 0.3 is 0 Å². The van der Waals surface area contributed by atoms with Crippen LogP contribution >= 0.6 is 0 Å². The van der Waals surface area contributed by atoms with Crippen LogP contribution in [0.4, 0.5) is 4.39 Å². The molecule has 6 heteroatoms. The molecule has 1 unspecified atom stereocenters. The predicted octanol–water partition coefficient (Wildman–Crippen LogP) is 1.17. The number of hydrogen-bond acceptors (Lipinski definition) is 3. The normalized spacial score (nSPS) is 11.7. The predicted molar refractivity (Wildman–Crippen MR) is 93.3 cm³/mol. The van der Waals surface area contributed by atoms with Crippen molar-refractivity contribution in [3.63, 3.8) is 0 Å². The third-order valence-corrected chi connectivity index (χ3v) is 3.82. The molecule has 0 fully saturated rings. The number of benzene rings is 2. The third kappa shape index (κ3) is 5.76. The summed E-state index contributed by atoms with van der Waals surface area (Å²) in [5.74, 6) is 0.984. The van der Waals surface area contributed by atoms with Gasteiger partial charge in [0.25, 0.3) is 5.91 Å². The number of amides is 1. The second kappa shape index (κ2) is 9.03. The Balaban J connectivity index is 1.82. The van der Waals surface area contributed by atoms with Gasteiger partial charge in [0.2, 0.25) is 0 Å². The summed E-state index contributed by atoms with van der Waals surface area (Å²) < 4.78 is 23.4. The van der Waals surface area contributed by atoms with Gasteiger partial charge in [0, 0.05) is 12.1 Å². The van der Waals surface area contributed by atoms with Crippen molar-refractivity contribution in [2.45, 2.75) is 13.1 Å². The molecule has 0 aromatic heterocycles. The molecule has 0 saturated heterocycles. The summed E-state index contributed by atoms with van der Waals surface area (Å²) in [4.78, 5) is 13.1. The van der Waals surface area contributed by atoms with Crippen LogP contribution in [0.3, 0.4) is 0 Å². The molecule has 5 nitrogen and oxygen atoms in total. The van der Waals surface area contributed by atoms with Gasteiger partial charge in [-0.25, -0.2) is 4.39 Å². The molecule has 25 heavy (non-hydrogen) atoms. The standard InChI is InChI=1S/C19H23FN2O3/c1-22(12-14-4-7-16(20)8-5-14)13-19(23)21-11-15-6-9-17(24-2)18(10-15)25-3/h4-10H,11-13H2,1-3H3,(H,21,23)/p+1. The van der Waals surface area contributed by atoms with E-state index in [-0.39, 0.29) is 11.7 Å². The van der Waals surface area contributed by atoms with Crippen molar-refractivity contribution in [3.8, 4) is 11.5 Å². The van der Waals surface area contributed by atoms with Gasteiger partial charge in [-0.1, -0.05) is 18.2 Å². The van der Waals surface area contributed by atoms with Crippen LogP contribution in [0.2, 0.25) is 0 Å². The topological polar surface area (TPSA) is 52.0 Å². The van der Waals surface area contributed by atoms with E-state index in [1.54, 1.807) is 26.4 Å². The van der Waals surface area contributed by atoms with Crippen molar-refractivity contribution >= 4 is 5.91 Å². The van der Waals surface area contributed by atoms with Crippen molar-refractivity contribution in [2.24, 2.45) is 0 Å². The minimum absolute atomic E-state index is 0.0469. The maximum Gasteiger partial charge on any atom is 0.275 e. The summed E-state index contributed by atoms with van der Waals surface area (Å²) in [6.07, 6.45) is 0. The Morgan fingerprint density at radius 3 is 2.32 bits per heavy atom. The van der Waals surface area contributed by atoms with E-state index < -0.39 is 0 Å². The number of methoxy groups -OCH3 is 2. The Bertz CT molecular complexity index is 704. The molecule has 2 N–H and O–H groups in total. The van der Waals surface area contributed by atoms with Gasteiger partial charge in [0.05, 0.1) is 21.3 Å². The van der Waals surface area contributed by atoms with Crippen LogP contribution in [-0.2, 0) is 17.9 Å². The molecule has 0 aliphatic rings. The largest absolute Gasteiger partial charge is 0.493 e. The quantitative estimate of drug-likeness (QED) is 0.754. The first-order valence-corrected chi connectivity index (χ1v) is 8.05. The summed E-state index contributed by atoms with van der Waals surface area (Å²) >= 11 is 0. The average molecular weight is 347 g/mol. The van der Waals surface area contributed by atoms with Crippen molar-refractivity contribution in [2.75, 3.05) is 27.8 Å². The summed E-state index contributed by atoms with van der Waals surface area (Å²) in [6.45, 7) is 1.41. The number of carbonyl (C=O) groups is 1. The van der Waals surface area contributed by atoms with Gasteiger partial charge in [-0.05, 0) is 29.8 Å². The molecular formula is C19H24FN2O3+. The Kier molecular flexibility index (Phi) is 6.77. The average Bonchev–Trinajstić information content (AvgIpc) is 2.61. The molecule has 1 amide bonds. The van der Waals surface area contributed by atoms with Crippen molar-refractivity contribution in [1.82, 2.24) is 5.32 Å². The van der Waals surface area contributed by atoms with E-state index in [0.29, 0.717) is 31.1 Å². The first-order valence-electron chi connectivity index (χ1n) is 8.05. The van der Waals surface area contributed by atoms with Crippen LogP contribution in [0, 0.1) is 5.82 Å². The van der Waals surface area contributed by atoms with Crippen LogP contribution in [0.5, 0.6) is 11.5 Å². The van der Waals surface area contributed by atoms with Crippen molar-refractivity contribution < 1.29 is 23.6 Å². The van der Waals surface area contributed by atoms with Crippen LogP contribution in [0.25, 0.3) is 0 Å². The second-order valence-electron chi connectivity index (χ2n) is 5.90. The lowest BCUT2D eigenvalue weighted by molar-refractivity contribution is -0.885. The van der Waals surface area contributed by atoms with E-state index in [4.69, 9.17) is 9.47 Å². The number of quaternary nitrogens is 1. The lowest BCUT2D eigenvalue weighted by atomic mass is 10.2. The summed E-state index contributed by atoms with van der Waals surface area (Å²) in [5, 5.41) is 2.90. The molecule has 2 rings (SSSR count). The lowest BCUT2D eigenvalue weighted by Gasteiger charge is -2.14. The molecule has 0 bridgehead atoms. The molecule has 0 aliphatic carbocycles. The second-order valence-corrected chi connectivity index (χ2v) is 5.90. The molecule has 0 radical (unpaired) electrons. The maximum absolute atomic E-state index is 12.9. The number of hydrogen-bond donors (Lipinski definition) is 2. The Morgan fingerprint density at radius 1 is 1.04 bits per heavy atom. The highest BCUT2D eigenvalue weighted by molar-refractivity contribution is 5.76. The number of rotatable bonds is 8. The van der Waals surface area contributed by atoms with E-state index in [0.717, 1.165) is 16.0 Å². The fourth-order valence-corrected chi connectivity index (χ4v) is 2.54. The van der Waals surface area contributed by atoms with Crippen molar-refractivity contribution in [3.05, 3.63) is 59.4 Å². The Hall–Kier alpha value is -2.60. The highest BCUT2D eigenvalue weighted by atomic mass is 19.1. The molecule has 0 spiro atoms. The molecule has 2 aromatic carbocycles. The monoisotopic (exact) mass is 347 g/mol. The smallest absolute Gasteiger partial charge is 0.275 e. The van der Waals surface area contributed by atoms with E-state index in [9.17, 15) is 9.18 Å². The van der Waals surface area contributed by atoms with E-state index in [1.807, 2.05) is 25.2 Å². The summed E-state index contributed by atoms with van der Waals surface area (Å²) in [6, 6.07) is 11.9. The zero-order valence-corrected chi connectivity index (χ0v) is 14.8. The molecule has 0 heterocycles. The summed E-state index contributed by atoms with van der Waals surface area (Å²) in [7, 11) is 5.09. The lowest BCUT2D eigenvalue weighted by Crippen LogP contribution is -3.08. The van der Waals surface area contributed by atoms with Crippen LogP contribution < -0.4 is 19.7 Å². The van der Waals surface area contributed by atoms with E-state index >= 15 is 0 Å². The van der Waals surface area contributed by atoms with Gasteiger partial charge < -0.3 is 19.7 Å². The molecular weight excluding hydrogens is 323 g/mol. The van der Waals surface area contributed by atoms with Crippen LogP contribution in [0.1, 0.15) is 11.1 Å². The SMILES string of the molecule is COc1ccc(CNC(=O)C[NH+](C)Cc2ccc(F)cc2)cc1OC. The Morgan fingerprint density at radius 2 is 1.68 bits per heavy atom. The minimum atomic E-state index is -0.255. The van der Waals surface area contributed by atoms with E-state index in [1.165, 1.54) is 12.1 Å². The van der Waals surface area contributed by atoms with Gasteiger partial charge in [-0.3, -0.25) is 4.79 Å². The van der Waals surface area contributed by atoms with Gasteiger partial charge in [-0.15, -0.1) is 0 Å². The molecule has 1 atom stereocenters. The molecule has 0 saturated carbocycles. The van der Waals surface area contributed by atoms with E-state index in [2.05, 4.69) is 5.32 Å². The van der Waals surface area contributed by atoms with Crippen molar-refractivity contribution in [1.29, 1.82) is 0 Å². The number of halogens is 1. The van der Waals surface area contributed by atoms with Gasteiger partial charge in [0.1, 0.15) is 12.4 Å². The van der Waals surface area contributed by atoms with Crippen LogP contribution in [0.15, 0.2) is 42.5 Å². The Labute approximate surface area is 147 Å². The first-order chi connectivity index (χ1) is 12.0. The maximum atomic E-state index is 12.9. The molecule has 2 aromatic rings. The van der Waals surface area contributed by atoms with Gasteiger partial charge in [-0.2, -0.15) is 0 Å². The molecule has 134 valence electrons. The number of ether oxygens (including phenoxy) is 2. The fraction of sp³-hybridized carbons (Fsp3) is 0.316. The zero-order valence-electron chi connectivity index (χ0n) is 14.8. The third-order valence-electron chi connectivity index (χ3n) is 3.82. The van der Waals surface area contributed by atoms with Crippen LogP contribution in [-0.4, -0.2) is 33.7 Å².